The Labute approximate surface area is 118 Å². The van der Waals surface area contributed by atoms with Crippen LogP contribution in [0.25, 0.3) is 0 Å². The summed E-state index contributed by atoms with van der Waals surface area (Å²) < 4.78 is 0. The first-order valence-electron chi connectivity index (χ1n) is 6.45. The van der Waals surface area contributed by atoms with Crippen LogP contribution in [-0.4, -0.2) is 29.6 Å². The Bertz CT molecular complexity index is 591. The average molecular weight is 267 g/mol. The number of likely N-dealkylation sites (N-methyl/N-ethyl adjacent to an activating group) is 1. The van der Waals surface area contributed by atoms with Gasteiger partial charge in [0.15, 0.2) is 11.5 Å². The molecule has 2 aromatic rings. The molecule has 0 aliphatic heterocycles. The molecule has 0 amide bonds. The molecular weight excluding hydrogens is 250 g/mol. The monoisotopic (exact) mass is 267 g/mol. The Kier molecular flexibility index (Phi) is 4.51. The number of hydrogen-bond donors (Lipinski definition) is 1. The summed E-state index contributed by atoms with van der Waals surface area (Å²) in [7, 11) is 2.05. The van der Waals surface area contributed by atoms with Gasteiger partial charge in [0.05, 0.1) is 0 Å². The summed E-state index contributed by atoms with van der Waals surface area (Å²) in [4.78, 5) is 10.3. The van der Waals surface area contributed by atoms with E-state index >= 15 is 0 Å². The fourth-order valence-corrected chi connectivity index (χ4v) is 1.85. The topological polar surface area (TPSA) is 64.8 Å². The third-order valence-electron chi connectivity index (χ3n) is 3.19. The third kappa shape index (κ3) is 3.23. The van der Waals surface area contributed by atoms with Crippen molar-refractivity contribution in [2.75, 3.05) is 23.8 Å². The molecule has 0 spiro atoms. The summed E-state index contributed by atoms with van der Waals surface area (Å²) in [6.07, 6.45) is 3.10. The van der Waals surface area contributed by atoms with E-state index in [1.165, 1.54) is 6.20 Å². The number of benzene rings is 1. The van der Waals surface area contributed by atoms with Crippen molar-refractivity contribution in [3.63, 3.8) is 0 Å². The van der Waals surface area contributed by atoms with Crippen molar-refractivity contribution in [3.8, 4) is 6.07 Å². The molecule has 1 unspecified atom stereocenters. The highest BCUT2D eigenvalue weighted by molar-refractivity contribution is 5.49. The number of para-hydroxylation sites is 1. The molecule has 1 aromatic carbocycles. The van der Waals surface area contributed by atoms with Crippen LogP contribution in [0.4, 0.5) is 11.5 Å². The van der Waals surface area contributed by atoms with Crippen LogP contribution in [0, 0.1) is 11.3 Å². The van der Waals surface area contributed by atoms with E-state index in [0.29, 0.717) is 18.1 Å². The van der Waals surface area contributed by atoms with E-state index < -0.39 is 0 Å². The van der Waals surface area contributed by atoms with Gasteiger partial charge in [-0.3, -0.25) is 0 Å². The lowest BCUT2D eigenvalue weighted by Gasteiger charge is -2.27. The number of nitrogens with one attached hydrogen (secondary N) is 1. The molecule has 0 saturated carbocycles. The van der Waals surface area contributed by atoms with Crippen molar-refractivity contribution in [1.29, 1.82) is 5.26 Å². The maximum absolute atomic E-state index is 8.97. The Hall–Kier alpha value is -2.61. The molecular formula is C15H17N5. The first kappa shape index (κ1) is 13.8. The van der Waals surface area contributed by atoms with Gasteiger partial charge in [0.25, 0.3) is 0 Å². The van der Waals surface area contributed by atoms with Gasteiger partial charge in [0.1, 0.15) is 6.07 Å². The molecule has 0 aliphatic carbocycles. The fourth-order valence-electron chi connectivity index (χ4n) is 1.85. The maximum Gasteiger partial charge on any atom is 0.182 e. The maximum atomic E-state index is 8.97. The number of rotatable bonds is 5. The molecule has 0 fully saturated rings. The van der Waals surface area contributed by atoms with E-state index in [4.69, 9.17) is 5.26 Å². The Balaban J connectivity index is 1.99. The fraction of sp³-hybridized carbons (Fsp3) is 0.267. The van der Waals surface area contributed by atoms with E-state index in [1.807, 2.05) is 31.3 Å². The molecule has 5 heteroatoms. The van der Waals surface area contributed by atoms with Gasteiger partial charge in [-0.1, -0.05) is 18.2 Å². The van der Waals surface area contributed by atoms with Gasteiger partial charge < -0.3 is 10.2 Å². The van der Waals surface area contributed by atoms with Gasteiger partial charge in [0, 0.05) is 37.7 Å². The van der Waals surface area contributed by atoms with Crippen LogP contribution >= 0.6 is 0 Å². The number of nitrogens with zero attached hydrogens (tertiary/aromatic N) is 4. The van der Waals surface area contributed by atoms with Crippen molar-refractivity contribution < 1.29 is 0 Å². The zero-order valence-electron chi connectivity index (χ0n) is 11.6. The van der Waals surface area contributed by atoms with Gasteiger partial charge >= 0.3 is 0 Å². The second-order valence-corrected chi connectivity index (χ2v) is 4.54. The zero-order chi connectivity index (χ0) is 14.4. The molecule has 0 saturated heterocycles. The summed E-state index contributed by atoms with van der Waals surface area (Å²) in [5, 5.41) is 12.1. The molecule has 0 bridgehead atoms. The van der Waals surface area contributed by atoms with Crippen molar-refractivity contribution in [2.24, 2.45) is 0 Å². The van der Waals surface area contributed by atoms with Gasteiger partial charge in [-0.25, -0.2) is 9.97 Å². The lowest BCUT2D eigenvalue weighted by atomic mass is 10.2. The van der Waals surface area contributed by atoms with E-state index in [-0.39, 0.29) is 6.04 Å². The summed E-state index contributed by atoms with van der Waals surface area (Å²) >= 11 is 0. The number of aromatic nitrogens is 2. The minimum absolute atomic E-state index is 0.256. The highest BCUT2D eigenvalue weighted by atomic mass is 15.2. The van der Waals surface area contributed by atoms with Crippen LogP contribution in [0.2, 0.25) is 0 Å². The largest absolute Gasteiger partial charge is 0.370 e. The molecule has 0 radical (unpaired) electrons. The van der Waals surface area contributed by atoms with Crippen molar-refractivity contribution >= 4 is 11.5 Å². The molecule has 1 heterocycles. The quantitative estimate of drug-likeness (QED) is 0.900. The summed E-state index contributed by atoms with van der Waals surface area (Å²) in [6, 6.07) is 12.5. The third-order valence-corrected chi connectivity index (χ3v) is 3.19. The van der Waals surface area contributed by atoms with Gasteiger partial charge in [0.2, 0.25) is 0 Å². The second-order valence-electron chi connectivity index (χ2n) is 4.54. The molecule has 1 N–H and O–H groups in total. The normalized spacial score (nSPS) is 11.4. The smallest absolute Gasteiger partial charge is 0.182 e. The predicted octanol–water partition coefficient (Wildman–Crippen LogP) is 2.29. The van der Waals surface area contributed by atoms with Gasteiger partial charge in [-0.15, -0.1) is 0 Å². The highest BCUT2D eigenvalue weighted by Gasteiger charge is 2.11. The lowest BCUT2D eigenvalue weighted by Crippen LogP contribution is -2.35. The summed E-state index contributed by atoms with van der Waals surface area (Å²) in [5.41, 5.74) is 1.48. The Morgan fingerprint density at radius 3 is 2.65 bits per heavy atom. The van der Waals surface area contributed by atoms with Crippen LogP contribution in [0.3, 0.4) is 0 Å². The molecule has 20 heavy (non-hydrogen) atoms. The Morgan fingerprint density at radius 1 is 1.25 bits per heavy atom. The Morgan fingerprint density at radius 2 is 1.95 bits per heavy atom. The number of nitriles is 1. The minimum atomic E-state index is 0.256. The van der Waals surface area contributed by atoms with Crippen LogP contribution in [0.15, 0.2) is 42.7 Å². The molecule has 2 rings (SSSR count). The van der Waals surface area contributed by atoms with Gasteiger partial charge in [-0.05, 0) is 19.1 Å². The van der Waals surface area contributed by atoms with Crippen molar-refractivity contribution in [3.05, 3.63) is 48.4 Å². The van der Waals surface area contributed by atoms with Crippen LogP contribution in [0.1, 0.15) is 12.6 Å². The second kappa shape index (κ2) is 6.53. The van der Waals surface area contributed by atoms with Gasteiger partial charge in [-0.2, -0.15) is 5.26 Å². The van der Waals surface area contributed by atoms with E-state index in [2.05, 4.69) is 39.2 Å². The predicted molar refractivity (Wildman–Crippen MR) is 79.5 cm³/mol. The molecule has 0 aliphatic rings. The summed E-state index contributed by atoms with van der Waals surface area (Å²) in [6.45, 7) is 2.79. The van der Waals surface area contributed by atoms with Crippen LogP contribution in [0.5, 0.6) is 0 Å². The van der Waals surface area contributed by atoms with Crippen LogP contribution in [-0.2, 0) is 0 Å². The first-order valence-corrected chi connectivity index (χ1v) is 6.45. The highest BCUT2D eigenvalue weighted by Crippen LogP contribution is 2.14. The van der Waals surface area contributed by atoms with E-state index in [1.54, 1.807) is 6.20 Å². The van der Waals surface area contributed by atoms with E-state index in [9.17, 15) is 0 Å². The SMILES string of the molecule is CC(CNc1nccnc1C#N)N(C)c1ccccc1. The summed E-state index contributed by atoms with van der Waals surface area (Å²) in [5.74, 6) is 0.531. The lowest BCUT2D eigenvalue weighted by molar-refractivity contribution is 0.714. The first-order chi connectivity index (χ1) is 9.72. The molecule has 5 nitrogen and oxygen atoms in total. The van der Waals surface area contributed by atoms with E-state index in [0.717, 1.165) is 5.69 Å². The zero-order valence-corrected chi connectivity index (χ0v) is 11.6. The standard InChI is InChI=1S/C15H17N5/c1-12(20(2)13-6-4-3-5-7-13)11-19-15-14(10-16)17-8-9-18-15/h3-9,12H,11H2,1-2H3,(H,18,19). The van der Waals surface area contributed by atoms with Crippen molar-refractivity contribution in [2.45, 2.75) is 13.0 Å². The molecule has 1 atom stereocenters. The minimum Gasteiger partial charge on any atom is -0.370 e. The molecule has 1 aromatic heterocycles. The van der Waals surface area contributed by atoms with Crippen LogP contribution < -0.4 is 10.2 Å². The average Bonchev–Trinajstić information content (AvgIpc) is 2.53. The number of hydrogen-bond acceptors (Lipinski definition) is 5. The number of anilines is 2. The molecule has 102 valence electrons. The van der Waals surface area contributed by atoms with Crippen molar-refractivity contribution in [1.82, 2.24) is 9.97 Å².